The fourth-order valence-corrected chi connectivity index (χ4v) is 3.06. The van der Waals surface area contributed by atoms with E-state index in [1.54, 1.807) is 4.68 Å². The van der Waals surface area contributed by atoms with Crippen molar-refractivity contribution in [1.82, 2.24) is 20.3 Å². The van der Waals surface area contributed by atoms with Crippen molar-refractivity contribution in [3.63, 3.8) is 0 Å². The Hall–Kier alpha value is -1.68. The van der Waals surface area contributed by atoms with Gasteiger partial charge in [-0.05, 0) is 42.5 Å². The molecule has 3 rings (SSSR count). The molecule has 4 heteroatoms. The zero-order chi connectivity index (χ0) is 13.9. The molecular weight excluding hydrogens is 248 g/mol. The van der Waals surface area contributed by atoms with Crippen LogP contribution in [0, 0.1) is 0 Å². The van der Waals surface area contributed by atoms with Crippen LogP contribution in [0.1, 0.15) is 41.8 Å². The molecule has 1 aromatic carbocycles. The van der Waals surface area contributed by atoms with Gasteiger partial charge in [0.2, 0.25) is 0 Å². The van der Waals surface area contributed by atoms with Gasteiger partial charge in [0.1, 0.15) is 0 Å². The van der Waals surface area contributed by atoms with Crippen LogP contribution < -0.4 is 5.32 Å². The molecule has 106 valence electrons. The van der Waals surface area contributed by atoms with Crippen molar-refractivity contribution < 1.29 is 0 Å². The van der Waals surface area contributed by atoms with Gasteiger partial charge in [-0.25, -0.2) is 0 Å². The van der Waals surface area contributed by atoms with Crippen molar-refractivity contribution in [3.05, 3.63) is 46.8 Å². The lowest BCUT2D eigenvalue weighted by atomic mass is 9.98. The zero-order valence-corrected chi connectivity index (χ0v) is 12.3. The van der Waals surface area contributed by atoms with Gasteiger partial charge in [-0.1, -0.05) is 30.3 Å². The largest absolute Gasteiger partial charge is 0.310 e. The fraction of sp³-hybridized carbons (Fsp3) is 0.500. The van der Waals surface area contributed by atoms with Crippen LogP contribution in [-0.2, 0) is 26.3 Å². The number of hydrogen-bond acceptors (Lipinski definition) is 3. The highest BCUT2D eigenvalue weighted by atomic mass is 15.4. The molecule has 1 aliphatic rings. The summed E-state index contributed by atoms with van der Waals surface area (Å²) >= 11 is 0. The van der Waals surface area contributed by atoms with E-state index in [-0.39, 0.29) is 0 Å². The normalized spacial score (nSPS) is 15.3. The average Bonchev–Trinajstić information content (AvgIpc) is 3.06. The van der Waals surface area contributed by atoms with Crippen LogP contribution in [-0.4, -0.2) is 21.5 Å². The van der Waals surface area contributed by atoms with Gasteiger partial charge < -0.3 is 5.32 Å². The molecule has 0 aliphatic heterocycles. The summed E-state index contributed by atoms with van der Waals surface area (Å²) in [5.74, 6) is 0. The minimum atomic E-state index is 0.322. The third-order valence-corrected chi connectivity index (χ3v) is 4.04. The van der Waals surface area contributed by atoms with E-state index in [1.165, 1.54) is 36.0 Å². The third-order valence-electron chi connectivity index (χ3n) is 4.04. The highest BCUT2D eigenvalue weighted by Gasteiger charge is 2.17. The quantitative estimate of drug-likeness (QED) is 0.905. The van der Waals surface area contributed by atoms with E-state index in [0.717, 1.165) is 18.7 Å². The van der Waals surface area contributed by atoms with E-state index in [9.17, 15) is 0 Å². The smallest absolute Gasteiger partial charge is 0.0845 e. The van der Waals surface area contributed by atoms with Gasteiger partial charge in [0, 0.05) is 25.7 Å². The lowest BCUT2D eigenvalue weighted by Gasteiger charge is -2.18. The second-order valence-electron chi connectivity index (χ2n) is 5.58. The van der Waals surface area contributed by atoms with Gasteiger partial charge in [-0.15, -0.1) is 5.10 Å². The number of nitrogens with one attached hydrogen (secondary N) is 1. The fourth-order valence-electron chi connectivity index (χ4n) is 3.06. The summed E-state index contributed by atoms with van der Waals surface area (Å²) < 4.78 is 1.76. The predicted molar refractivity (Wildman–Crippen MR) is 79.6 cm³/mol. The summed E-state index contributed by atoms with van der Waals surface area (Å²) in [5, 5.41) is 11.8. The van der Waals surface area contributed by atoms with Crippen molar-refractivity contribution in [3.8, 4) is 0 Å². The number of fused-ring (bicyclic) bond motifs is 1. The Morgan fingerprint density at radius 1 is 1.30 bits per heavy atom. The minimum absolute atomic E-state index is 0.322. The molecule has 20 heavy (non-hydrogen) atoms. The summed E-state index contributed by atoms with van der Waals surface area (Å²) in [4.78, 5) is 0. The van der Waals surface area contributed by atoms with Crippen molar-refractivity contribution in [2.24, 2.45) is 7.05 Å². The summed E-state index contributed by atoms with van der Waals surface area (Å²) in [7, 11) is 1.91. The van der Waals surface area contributed by atoms with Gasteiger partial charge in [0.05, 0.1) is 5.69 Å². The Bertz CT molecular complexity index is 588. The first-order valence-corrected chi connectivity index (χ1v) is 7.46. The van der Waals surface area contributed by atoms with Gasteiger partial charge in [0.25, 0.3) is 0 Å². The first-order chi connectivity index (χ1) is 9.76. The summed E-state index contributed by atoms with van der Waals surface area (Å²) in [6.07, 6.45) is 6.66. The molecule has 0 amide bonds. The Morgan fingerprint density at radius 3 is 2.90 bits per heavy atom. The SMILES string of the molecule is CCNC(Cc1cn(C)nn1)c1ccc2c(c1)CCC2. The Morgan fingerprint density at radius 2 is 2.15 bits per heavy atom. The van der Waals surface area contributed by atoms with E-state index in [2.05, 4.69) is 40.8 Å². The van der Waals surface area contributed by atoms with Crippen LogP contribution in [0.15, 0.2) is 24.4 Å². The molecule has 1 atom stereocenters. The molecule has 0 spiro atoms. The first kappa shape index (κ1) is 13.3. The summed E-state index contributed by atoms with van der Waals surface area (Å²) in [6.45, 7) is 3.11. The van der Waals surface area contributed by atoms with E-state index in [0.29, 0.717) is 6.04 Å². The van der Waals surface area contributed by atoms with Crippen LogP contribution in [0.4, 0.5) is 0 Å². The molecule has 1 aliphatic carbocycles. The van der Waals surface area contributed by atoms with E-state index in [1.807, 2.05) is 13.2 Å². The Labute approximate surface area is 120 Å². The standard InChI is InChI=1S/C16H22N4/c1-3-17-16(10-15-11-20(2)19-18-15)14-8-7-12-5-4-6-13(12)9-14/h7-9,11,16-17H,3-6,10H2,1-2H3. The van der Waals surface area contributed by atoms with E-state index in [4.69, 9.17) is 0 Å². The highest BCUT2D eigenvalue weighted by Crippen LogP contribution is 2.26. The maximum absolute atomic E-state index is 4.21. The van der Waals surface area contributed by atoms with Crippen LogP contribution >= 0.6 is 0 Å². The molecular formula is C16H22N4. The number of aryl methyl sites for hydroxylation is 3. The van der Waals surface area contributed by atoms with Gasteiger partial charge in [0.15, 0.2) is 0 Å². The maximum Gasteiger partial charge on any atom is 0.0845 e. The van der Waals surface area contributed by atoms with Gasteiger partial charge in [-0.2, -0.15) is 0 Å². The van der Waals surface area contributed by atoms with Crippen molar-refractivity contribution in [2.45, 2.75) is 38.6 Å². The molecule has 2 aromatic rings. The number of likely N-dealkylation sites (N-methyl/N-ethyl adjacent to an activating group) is 1. The molecule has 1 heterocycles. The van der Waals surface area contributed by atoms with Crippen molar-refractivity contribution in [2.75, 3.05) is 6.54 Å². The minimum Gasteiger partial charge on any atom is -0.310 e. The zero-order valence-electron chi connectivity index (χ0n) is 12.3. The Kier molecular flexibility index (Phi) is 3.83. The van der Waals surface area contributed by atoms with Crippen molar-refractivity contribution in [1.29, 1.82) is 0 Å². The Balaban J connectivity index is 1.82. The highest BCUT2D eigenvalue weighted by molar-refractivity contribution is 5.36. The number of hydrogen-bond donors (Lipinski definition) is 1. The molecule has 1 N–H and O–H groups in total. The van der Waals surface area contributed by atoms with Crippen molar-refractivity contribution >= 4 is 0 Å². The van der Waals surface area contributed by atoms with E-state index >= 15 is 0 Å². The molecule has 0 radical (unpaired) electrons. The second kappa shape index (κ2) is 5.75. The number of benzene rings is 1. The maximum atomic E-state index is 4.21. The van der Waals surface area contributed by atoms with Crippen LogP contribution in [0.2, 0.25) is 0 Å². The molecule has 0 fully saturated rings. The number of nitrogens with zero attached hydrogens (tertiary/aromatic N) is 3. The van der Waals surface area contributed by atoms with Crippen LogP contribution in [0.5, 0.6) is 0 Å². The first-order valence-electron chi connectivity index (χ1n) is 7.46. The number of rotatable bonds is 5. The monoisotopic (exact) mass is 270 g/mol. The molecule has 1 unspecified atom stereocenters. The summed E-state index contributed by atoms with van der Waals surface area (Å²) in [6, 6.07) is 7.28. The lowest BCUT2D eigenvalue weighted by Crippen LogP contribution is -2.23. The third kappa shape index (κ3) is 2.75. The average molecular weight is 270 g/mol. The molecule has 0 saturated carbocycles. The van der Waals surface area contributed by atoms with Gasteiger partial charge in [-0.3, -0.25) is 4.68 Å². The predicted octanol–water partition coefficient (Wildman–Crippen LogP) is 2.20. The topological polar surface area (TPSA) is 42.7 Å². The second-order valence-corrected chi connectivity index (χ2v) is 5.58. The van der Waals surface area contributed by atoms with Crippen LogP contribution in [0.3, 0.4) is 0 Å². The number of aromatic nitrogens is 3. The molecule has 4 nitrogen and oxygen atoms in total. The van der Waals surface area contributed by atoms with Gasteiger partial charge >= 0.3 is 0 Å². The molecule has 1 aromatic heterocycles. The lowest BCUT2D eigenvalue weighted by molar-refractivity contribution is 0.543. The molecule has 0 saturated heterocycles. The van der Waals surface area contributed by atoms with E-state index < -0.39 is 0 Å². The van der Waals surface area contributed by atoms with Crippen LogP contribution in [0.25, 0.3) is 0 Å². The molecule has 0 bridgehead atoms. The summed E-state index contributed by atoms with van der Waals surface area (Å²) in [5.41, 5.74) is 5.48.